The predicted octanol–water partition coefficient (Wildman–Crippen LogP) is 8.49. The minimum absolute atomic E-state index is 0.189. The molecule has 1 N–H and O–H groups in total. The Hall–Kier alpha value is -4.09. The maximum Gasteiger partial charge on any atom is 0.303 e. The van der Waals surface area contributed by atoms with E-state index in [0.717, 1.165) is 52.7 Å². The summed E-state index contributed by atoms with van der Waals surface area (Å²) in [5.74, 6) is -0.266. The highest BCUT2D eigenvalue weighted by atomic mass is 35.5. The number of hydrogen-bond acceptors (Lipinski definition) is 7. The first-order chi connectivity index (χ1) is 26.0. The molecule has 2 aromatic rings. The second kappa shape index (κ2) is 16.2. The first-order valence-electron chi connectivity index (χ1n) is 19.2. The fraction of sp³-hybridized carbons (Fsp3) is 0.432. The van der Waals surface area contributed by atoms with Crippen molar-refractivity contribution in [3.05, 3.63) is 112 Å². The Kier molecular flexibility index (Phi) is 11.9. The number of rotatable bonds is 14. The lowest BCUT2D eigenvalue weighted by Crippen LogP contribution is -2.31. The number of nitrogens with zero attached hydrogens (tertiary/aromatic N) is 4. The Morgan fingerprint density at radius 1 is 1.02 bits per heavy atom. The number of benzene rings is 2. The molecule has 0 saturated carbocycles. The summed E-state index contributed by atoms with van der Waals surface area (Å²) < 4.78 is 35.7. The number of hydrogen-bond donors (Lipinski definition) is 1. The maximum absolute atomic E-state index is 11.2. The normalized spacial score (nSPS) is 21.0. The van der Waals surface area contributed by atoms with Gasteiger partial charge in [-0.2, -0.15) is 4.58 Å². The van der Waals surface area contributed by atoms with E-state index in [4.69, 9.17) is 16.6 Å². The first kappa shape index (κ1) is 40.6. The van der Waals surface area contributed by atoms with Crippen molar-refractivity contribution >= 4 is 55.7 Å². The maximum atomic E-state index is 11.2. The van der Waals surface area contributed by atoms with Crippen molar-refractivity contribution in [1.82, 2.24) is 9.80 Å². The standard InChI is InChI=1S/C44H53ClN4O5S/c1-30-15-19-34-31(27-30)16-20-36-40(34)44(4,5)38(49(36)25-9-7-8-14-39(50)51)22-18-33-29-47(6)28-32(41(33)45)17-21-37-43(2,3)35-13-12-24-48(42(35)46-37)23-10-11-26-55(52,53)54/h12-13,15-22,24,27H,7-11,14,23,25-26,28-29H2,1-6H3,(H-,50,51,52,53,54). The number of fused-ring (bicyclic) bond motifs is 4. The van der Waals surface area contributed by atoms with E-state index < -0.39 is 16.1 Å². The summed E-state index contributed by atoms with van der Waals surface area (Å²) >= 11 is 7.24. The molecule has 11 heteroatoms. The van der Waals surface area contributed by atoms with Crippen molar-refractivity contribution in [1.29, 1.82) is 0 Å². The second-order valence-electron chi connectivity index (χ2n) is 16.3. The molecule has 4 aliphatic rings. The Balaban J connectivity index is 1.30. The van der Waals surface area contributed by atoms with Crippen LogP contribution < -0.4 is 0 Å². The van der Waals surface area contributed by atoms with Gasteiger partial charge >= 0.3 is 5.97 Å². The fourth-order valence-electron chi connectivity index (χ4n) is 8.30. The number of carbonyl (C=O) groups is 1. The molecule has 0 aromatic heterocycles. The summed E-state index contributed by atoms with van der Waals surface area (Å²) in [5.41, 5.74) is 8.34. The van der Waals surface area contributed by atoms with Crippen LogP contribution in [0.5, 0.6) is 0 Å². The number of aryl methyl sites for hydroxylation is 1. The summed E-state index contributed by atoms with van der Waals surface area (Å²) in [4.78, 5) is 20.5. The Labute approximate surface area is 331 Å². The number of amidine groups is 1. The van der Waals surface area contributed by atoms with Crippen LogP contribution in [0.15, 0.2) is 105 Å². The topological polar surface area (TPSA) is 116 Å². The quantitative estimate of drug-likeness (QED) is 0.116. The van der Waals surface area contributed by atoms with Crippen LogP contribution in [0.1, 0.15) is 77.3 Å². The lowest BCUT2D eigenvalue weighted by Gasteiger charge is -2.28. The molecule has 0 radical (unpaired) electrons. The molecule has 0 spiro atoms. The van der Waals surface area contributed by atoms with Crippen molar-refractivity contribution in [3.8, 4) is 0 Å². The van der Waals surface area contributed by atoms with Crippen LogP contribution in [-0.2, 0) is 20.3 Å². The largest absolute Gasteiger partial charge is 0.748 e. The minimum Gasteiger partial charge on any atom is -0.748 e. The Morgan fingerprint density at radius 3 is 2.55 bits per heavy atom. The molecule has 0 saturated heterocycles. The summed E-state index contributed by atoms with van der Waals surface area (Å²) in [5, 5.41) is 12.4. The van der Waals surface area contributed by atoms with Crippen LogP contribution in [0.2, 0.25) is 0 Å². The molecular weight excluding hydrogens is 732 g/mol. The number of carboxylic acid groups (broad SMARTS) is 1. The average molecular weight is 785 g/mol. The van der Waals surface area contributed by atoms with Crippen LogP contribution in [0.3, 0.4) is 0 Å². The van der Waals surface area contributed by atoms with Crippen LogP contribution in [0, 0.1) is 12.3 Å². The van der Waals surface area contributed by atoms with E-state index >= 15 is 0 Å². The van der Waals surface area contributed by atoms with Gasteiger partial charge in [0.2, 0.25) is 5.69 Å². The lowest BCUT2D eigenvalue weighted by molar-refractivity contribution is -0.438. The number of allylic oxidation sites excluding steroid dienone is 6. The van der Waals surface area contributed by atoms with E-state index in [0.29, 0.717) is 38.9 Å². The number of unbranched alkanes of at least 4 members (excludes halogenated alkanes) is 3. The number of carboxylic acids is 1. The van der Waals surface area contributed by atoms with E-state index in [-0.39, 0.29) is 23.0 Å². The molecule has 0 amide bonds. The molecule has 4 aliphatic heterocycles. The molecule has 55 heavy (non-hydrogen) atoms. The van der Waals surface area contributed by atoms with Crippen molar-refractivity contribution < 1.29 is 27.4 Å². The van der Waals surface area contributed by atoms with E-state index in [1.54, 1.807) is 0 Å². The van der Waals surface area contributed by atoms with Crippen molar-refractivity contribution in [2.24, 2.45) is 10.4 Å². The smallest absolute Gasteiger partial charge is 0.303 e. The van der Waals surface area contributed by atoms with Gasteiger partial charge in [-0.3, -0.25) is 9.69 Å². The highest BCUT2D eigenvalue weighted by molar-refractivity contribution is 7.85. The third kappa shape index (κ3) is 8.83. The van der Waals surface area contributed by atoms with Crippen molar-refractivity contribution in [3.63, 3.8) is 0 Å². The highest BCUT2D eigenvalue weighted by Gasteiger charge is 2.45. The third-order valence-corrected chi connectivity index (χ3v) is 12.5. The monoisotopic (exact) mass is 784 g/mol. The molecule has 0 atom stereocenters. The van der Waals surface area contributed by atoms with Gasteiger partial charge in [0, 0.05) is 78.2 Å². The Bertz CT molecular complexity index is 2250. The van der Waals surface area contributed by atoms with Gasteiger partial charge in [0.1, 0.15) is 12.4 Å². The van der Waals surface area contributed by atoms with E-state index in [9.17, 15) is 22.9 Å². The number of likely N-dealkylation sites (N-methyl/N-ethyl adjacent to an activating group) is 1. The van der Waals surface area contributed by atoms with Gasteiger partial charge in [0.15, 0.2) is 5.71 Å². The van der Waals surface area contributed by atoms with Gasteiger partial charge in [0.25, 0.3) is 0 Å². The summed E-state index contributed by atoms with van der Waals surface area (Å²) in [7, 11) is -2.13. The molecule has 0 unspecified atom stereocenters. The number of halogens is 1. The molecular formula is C44H53ClN4O5S. The van der Waals surface area contributed by atoms with Crippen LogP contribution in [0.4, 0.5) is 5.69 Å². The molecule has 4 heterocycles. The highest BCUT2D eigenvalue weighted by Crippen LogP contribution is 2.46. The van der Waals surface area contributed by atoms with E-state index in [1.807, 2.05) is 17.2 Å². The summed E-state index contributed by atoms with van der Waals surface area (Å²) in [6.07, 6.45) is 18.0. The van der Waals surface area contributed by atoms with Crippen LogP contribution in [-0.4, -0.2) is 88.9 Å². The van der Waals surface area contributed by atoms with Gasteiger partial charge in [0.05, 0.1) is 21.2 Å². The summed E-state index contributed by atoms with van der Waals surface area (Å²) in [6, 6.07) is 11.1. The molecule has 9 nitrogen and oxygen atoms in total. The molecule has 2 aromatic carbocycles. The third-order valence-electron chi connectivity index (χ3n) is 11.2. The lowest BCUT2D eigenvalue weighted by atomic mass is 9.78. The van der Waals surface area contributed by atoms with Gasteiger partial charge in [-0.25, -0.2) is 13.4 Å². The SMILES string of the molecule is Cc1ccc2c3c(ccc2c1)[N+](CCCCCC(=O)O)=C(/C=C/C1=C(Cl)C(=C/C=C2/N=C4C(=CC=CN4CCCCS(=O)(=O)[O-])C2(C)C)/CN(C)C1)C3(C)C. The fourth-order valence-corrected chi connectivity index (χ4v) is 9.11. The molecule has 0 bridgehead atoms. The van der Waals surface area contributed by atoms with Crippen molar-refractivity contribution in [2.45, 2.75) is 78.6 Å². The zero-order valence-corrected chi connectivity index (χ0v) is 34.4. The molecule has 0 fully saturated rings. The Morgan fingerprint density at radius 2 is 1.80 bits per heavy atom. The molecule has 292 valence electrons. The van der Waals surface area contributed by atoms with Gasteiger partial charge < -0.3 is 14.6 Å². The zero-order chi connectivity index (χ0) is 39.7. The summed E-state index contributed by atoms with van der Waals surface area (Å²) in [6.45, 7) is 13.8. The van der Waals surface area contributed by atoms with Crippen LogP contribution >= 0.6 is 11.6 Å². The van der Waals surface area contributed by atoms with E-state index in [1.165, 1.54) is 33.3 Å². The van der Waals surface area contributed by atoms with Gasteiger partial charge in [-0.1, -0.05) is 61.4 Å². The number of aliphatic carboxylic acids is 1. The minimum atomic E-state index is -4.23. The first-order valence-corrected chi connectivity index (χ1v) is 21.2. The zero-order valence-electron chi connectivity index (χ0n) is 32.9. The predicted molar refractivity (Wildman–Crippen MR) is 222 cm³/mol. The van der Waals surface area contributed by atoms with Crippen molar-refractivity contribution in [2.75, 3.05) is 39.0 Å². The number of aliphatic imine (C=N–C) groups is 1. The van der Waals surface area contributed by atoms with Gasteiger partial charge in [-0.05, 0) is 99.7 Å². The van der Waals surface area contributed by atoms with Crippen LogP contribution in [0.25, 0.3) is 10.8 Å². The average Bonchev–Trinajstić information content (AvgIpc) is 3.50. The second-order valence-corrected chi connectivity index (χ2v) is 18.2. The molecule has 6 rings (SSSR count). The van der Waals surface area contributed by atoms with E-state index in [2.05, 4.69) is 112 Å². The molecule has 0 aliphatic carbocycles. The van der Waals surface area contributed by atoms with Gasteiger partial charge in [-0.15, -0.1) is 0 Å².